The lowest BCUT2D eigenvalue weighted by atomic mass is 10.3. The molecule has 0 spiro atoms. The van der Waals surface area contributed by atoms with Crippen LogP contribution in [0.25, 0.3) is 0 Å². The molecular weight excluding hydrogens is 192 g/mol. The van der Waals surface area contributed by atoms with Crippen LogP contribution >= 0.6 is 0 Å². The molecule has 1 rings (SSSR count). The van der Waals surface area contributed by atoms with E-state index < -0.39 is 6.10 Å². The number of hydrogen-bond acceptors (Lipinski definition) is 4. The molecule has 2 N–H and O–H groups in total. The fourth-order valence-electron chi connectivity index (χ4n) is 1.37. The van der Waals surface area contributed by atoms with Gasteiger partial charge in [-0.25, -0.2) is 9.67 Å². The first-order valence-electron chi connectivity index (χ1n) is 5.28. The zero-order chi connectivity index (χ0) is 11.4. The average molecular weight is 212 g/mol. The van der Waals surface area contributed by atoms with Crippen molar-refractivity contribution in [3.05, 3.63) is 11.6 Å². The van der Waals surface area contributed by atoms with Crippen LogP contribution in [-0.2, 0) is 6.54 Å². The lowest BCUT2D eigenvalue weighted by molar-refractivity contribution is 0.143. The monoisotopic (exact) mass is 212 g/mol. The molecule has 0 saturated heterocycles. The van der Waals surface area contributed by atoms with Gasteiger partial charge in [0, 0.05) is 12.6 Å². The predicted octanol–water partition coefficient (Wildman–Crippen LogP) is 0.254. The van der Waals surface area contributed by atoms with Gasteiger partial charge in [-0.05, 0) is 13.8 Å². The molecule has 0 amide bonds. The number of aliphatic hydroxyl groups is 1. The molecule has 5 heteroatoms. The molecule has 0 aliphatic rings. The van der Waals surface area contributed by atoms with Crippen molar-refractivity contribution in [3.63, 3.8) is 0 Å². The number of hydrogen-bond donors (Lipinski definition) is 2. The first kappa shape index (κ1) is 12.1. The summed E-state index contributed by atoms with van der Waals surface area (Å²) in [6.07, 6.45) is -0.424. The molecule has 1 aromatic heterocycles. The minimum atomic E-state index is -0.424. The van der Waals surface area contributed by atoms with E-state index in [1.807, 2.05) is 13.8 Å². The number of rotatable bonds is 5. The fraction of sp³-hybridized carbons (Fsp3) is 0.800. The molecule has 0 aliphatic carbocycles. The maximum Gasteiger partial charge on any atom is 0.147 e. The largest absolute Gasteiger partial charge is 0.390 e. The van der Waals surface area contributed by atoms with Crippen LogP contribution in [0, 0.1) is 13.8 Å². The van der Waals surface area contributed by atoms with E-state index in [-0.39, 0.29) is 0 Å². The first-order chi connectivity index (χ1) is 6.99. The van der Waals surface area contributed by atoms with Gasteiger partial charge >= 0.3 is 0 Å². The second-order valence-electron chi connectivity index (χ2n) is 4.11. The Morgan fingerprint density at radius 1 is 1.40 bits per heavy atom. The standard InChI is InChI=1S/C10H20N4O/c1-7(2)11-5-10(15)6-14-9(4)12-8(3)13-14/h7,10-11,15H,5-6H2,1-4H3. The van der Waals surface area contributed by atoms with Gasteiger partial charge in [0.2, 0.25) is 0 Å². The molecule has 1 unspecified atom stereocenters. The Morgan fingerprint density at radius 2 is 2.07 bits per heavy atom. The van der Waals surface area contributed by atoms with Crippen molar-refractivity contribution in [3.8, 4) is 0 Å². The fourth-order valence-corrected chi connectivity index (χ4v) is 1.37. The van der Waals surface area contributed by atoms with E-state index in [9.17, 15) is 5.11 Å². The molecule has 0 fully saturated rings. The molecule has 0 aromatic carbocycles. The molecule has 15 heavy (non-hydrogen) atoms. The molecular formula is C10H20N4O. The number of aliphatic hydroxyl groups excluding tert-OH is 1. The minimum absolute atomic E-state index is 0.387. The summed E-state index contributed by atoms with van der Waals surface area (Å²) in [5.41, 5.74) is 0. The van der Waals surface area contributed by atoms with Gasteiger partial charge in [0.1, 0.15) is 11.6 Å². The average Bonchev–Trinajstić information content (AvgIpc) is 2.42. The van der Waals surface area contributed by atoms with Gasteiger partial charge in [-0.2, -0.15) is 5.10 Å². The molecule has 0 radical (unpaired) electrons. The van der Waals surface area contributed by atoms with Crippen LogP contribution in [0.2, 0.25) is 0 Å². The van der Waals surface area contributed by atoms with E-state index in [0.29, 0.717) is 19.1 Å². The third kappa shape index (κ3) is 3.97. The quantitative estimate of drug-likeness (QED) is 0.734. The summed E-state index contributed by atoms with van der Waals surface area (Å²) in [7, 11) is 0. The SMILES string of the molecule is Cc1nc(C)n(CC(O)CNC(C)C)n1. The van der Waals surface area contributed by atoms with Crippen molar-refractivity contribution in [2.45, 2.75) is 46.4 Å². The van der Waals surface area contributed by atoms with Crippen molar-refractivity contribution < 1.29 is 5.11 Å². The van der Waals surface area contributed by atoms with Crippen molar-refractivity contribution in [2.75, 3.05) is 6.54 Å². The van der Waals surface area contributed by atoms with E-state index in [1.54, 1.807) is 4.68 Å². The molecule has 1 atom stereocenters. The molecule has 0 bridgehead atoms. The van der Waals surface area contributed by atoms with Gasteiger partial charge in [-0.15, -0.1) is 0 Å². The van der Waals surface area contributed by atoms with Crippen LogP contribution in [0.4, 0.5) is 0 Å². The lowest BCUT2D eigenvalue weighted by Crippen LogP contribution is -2.34. The smallest absolute Gasteiger partial charge is 0.147 e. The van der Waals surface area contributed by atoms with Crippen LogP contribution in [0.15, 0.2) is 0 Å². The van der Waals surface area contributed by atoms with Gasteiger partial charge < -0.3 is 10.4 Å². The Balaban J connectivity index is 2.44. The lowest BCUT2D eigenvalue weighted by Gasteiger charge is -2.14. The van der Waals surface area contributed by atoms with Crippen molar-refractivity contribution in [2.24, 2.45) is 0 Å². The molecule has 1 heterocycles. The Morgan fingerprint density at radius 3 is 2.53 bits per heavy atom. The third-order valence-electron chi connectivity index (χ3n) is 2.11. The summed E-state index contributed by atoms with van der Waals surface area (Å²) in [6, 6.07) is 0.387. The van der Waals surface area contributed by atoms with Gasteiger partial charge in [0.25, 0.3) is 0 Å². The highest BCUT2D eigenvalue weighted by molar-refractivity contribution is 4.88. The predicted molar refractivity (Wildman–Crippen MR) is 58.6 cm³/mol. The third-order valence-corrected chi connectivity index (χ3v) is 2.11. The van der Waals surface area contributed by atoms with Crippen molar-refractivity contribution in [1.82, 2.24) is 20.1 Å². The summed E-state index contributed by atoms with van der Waals surface area (Å²) >= 11 is 0. The highest BCUT2D eigenvalue weighted by Gasteiger charge is 2.09. The first-order valence-corrected chi connectivity index (χ1v) is 5.28. The topological polar surface area (TPSA) is 63.0 Å². The number of nitrogens with zero attached hydrogens (tertiary/aromatic N) is 3. The number of nitrogens with one attached hydrogen (secondary N) is 1. The molecule has 5 nitrogen and oxygen atoms in total. The Hall–Kier alpha value is -0.940. The van der Waals surface area contributed by atoms with E-state index >= 15 is 0 Å². The summed E-state index contributed by atoms with van der Waals surface area (Å²) < 4.78 is 1.74. The zero-order valence-electron chi connectivity index (χ0n) is 9.86. The number of aromatic nitrogens is 3. The van der Waals surface area contributed by atoms with Gasteiger partial charge in [-0.1, -0.05) is 13.8 Å². The van der Waals surface area contributed by atoms with E-state index in [4.69, 9.17) is 0 Å². The Bertz CT molecular complexity index is 308. The summed E-state index contributed by atoms with van der Waals surface area (Å²) in [5, 5.41) is 17.1. The normalized spacial score (nSPS) is 13.5. The summed E-state index contributed by atoms with van der Waals surface area (Å²) in [6.45, 7) is 8.92. The minimum Gasteiger partial charge on any atom is -0.390 e. The van der Waals surface area contributed by atoms with Crippen LogP contribution in [-0.4, -0.2) is 38.6 Å². The summed E-state index contributed by atoms with van der Waals surface area (Å²) in [4.78, 5) is 4.18. The van der Waals surface area contributed by atoms with Crippen LogP contribution < -0.4 is 5.32 Å². The van der Waals surface area contributed by atoms with E-state index in [2.05, 4.69) is 29.2 Å². The molecule has 0 saturated carbocycles. The number of aryl methyl sites for hydroxylation is 2. The highest BCUT2D eigenvalue weighted by Crippen LogP contribution is 1.98. The van der Waals surface area contributed by atoms with Gasteiger partial charge in [0.05, 0.1) is 12.6 Å². The van der Waals surface area contributed by atoms with Crippen LogP contribution in [0.5, 0.6) is 0 Å². The van der Waals surface area contributed by atoms with Gasteiger partial charge in [-0.3, -0.25) is 0 Å². The molecule has 0 aliphatic heterocycles. The molecule has 1 aromatic rings. The maximum atomic E-state index is 9.73. The summed E-state index contributed by atoms with van der Waals surface area (Å²) in [5.74, 6) is 1.59. The Labute approximate surface area is 90.5 Å². The van der Waals surface area contributed by atoms with Crippen molar-refractivity contribution in [1.29, 1.82) is 0 Å². The zero-order valence-corrected chi connectivity index (χ0v) is 9.86. The van der Waals surface area contributed by atoms with E-state index in [1.165, 1.54) is 0 Å². The van der Waals surface area contributed by atoms with E-state index in [0.717, 1.165) is 11.6 Å². The Kier molecular flexibility index (Phi) is 4.23. The second kappa shape index (κ2) is 5.23. The van der Waals surface area contributed by atoms with Crippen molar-refractivity contribution >= 4 is 0 Å². The van der Waals surface area contributed by atoms with Crippen LogP contribution in [0.3, 0.4) is 0 Å². The maximum absolute atomic E-state index is 9.73. The second-order valence-corrected chi connectivity index (χ2v) is 4.11. The molecule has 86 valence electrons. The van der Waals surface area contributed by atoms with Crippen LogP contribution in [0.1, 0.15) is 25.5 Å². The van der Waals surface area contributed by atoms with Gasteiger partial charge in [0.15, 0.2) is 0 Å². The highest BCUT2D eigenvalue weighted by atomic mass is 16.3.